The molecule has 0 atom stereocenters. The predicted molar refractivity (Wildman–Crippen MR) is 71.9 cm³/mol. The molecular formula is C13H19N5. The van der Waals surface area contributed by atoms with E-state index in [-0.39, 0.29) is 0 Å². The molecule has 1 N–H and O–H groups in total. The van der Waals surface area contributed by atoms with Crippen molar-refractivity contribution in [3.63, 3.8) is 0 Å². The summed E-state index contributed by atoms with van der Waals surface area (Å²) in [7, 11) is 0. The second-order valence-corrected chi connectivity index (χ2v) is 4.39. The molecule has 0 saturated heterocycles. The average molecular weight is 245 g/mol. The van der Waals surface area contributed by atoms with Crippen molar-refractivity contribution in [2.24, 2.45) is 0 Å². The van der Waals surface area contributed by atoms with E-state index in [2.05, 4.69) is 46.8 Å². The van der Waals surface area contributed by atoms with E-state index < -0.39 is 0 Å². The largest absolute Gasteiger partial charge is 0.385 e. The first-order valence-corrected chi connectivity index (χ1v) is 6.39. The Bertz CT molecular complexity index is 478. The minimum atomic E-state index is 1.01. The van der Waals surface area contributed by atoms with Gasteiger partial charge in [0.1, 0.15) is 6.33 Å². The van der Waals surface area contributed by atoms with Gasteiger partial charge >= 0.3 is 0 Å². The standard InChI is InChI=1S/C13H19N5/c1-3-4-5-8-14-12-6-7-13(11(2)9-12)18-10-15-16-17-18/h6-7,9-10,14H,3-5,8H2,1-2H3. The second kappa shape index (κ2) is 6.14. The summed E-state index contributed by atoms with van der Waals surface area (Å²) >= 11 is 0. The van der Waals surface area contributed by atoms with E-state index in [9.17, 15) is 0 Å². The van der Waals surface area contributed by atoms with Crippen LogP contribution in [0, 0.1) is 6.92 Å². The third kappa shape index (κ3) is 3.06. The molecule has 96 valence electrons. The summed E-state index contributed by atoms with van der Waals surface area (Å²) in [5.41, 5.74) is 3.32. The highest BCUT2D eigenvalue weighted by molar-refractivity contribution is 5.53. The maximum atomic E-state index is 3.90. The summed E-state index contributed by atoms with van der Waals surface area (Å²) in [4.78, 5) is 0. The fraction of sp³-hybridized carbons (Fsp3) is 0.462. The number of nitrogens with zero attached hydrogens (tertiary/aromatic N) is 4. The molecule has 0 unspecified atom stereocenters. The minimum Gasteiger partial charge on any atom is -0.385 e. The first-order chi connectivity index (χ1) is 8.81. The van der Waals surface area contributed by atoms with Crippen LogP contribution < -0.4 is 5.32 Å². The van der Waals surface area contributed by atoms with Crippen LogP contribution in [0.4, 0.5) is 5.69 Å². The van der Waals surface area contributed by atoms with Gasteiger partial charge in [0.05, 0.1) is 5.69 Å². The highest BCUT2D eigenvalue weighted by Crippen LogP contribution is 2.17. The highest BCUT2D eigenvalue weighted by atomic mass is 15.5. The molecule has 2 aromatic rings. The zero-order valence-corrected chi connectivity index (χ0v) is 10.9. The number of hydrogen-bond donors (Lipinski definition) is 1. The highest BCUT2D eigenvalue weighted by Gasteiger charge is 2.03. The predicted octanol–water partition coefficient (Wildman–Crippen LogP) is 2.57. The van der Waals surface area contributed by atoms with Crippen molar-refractivity contribution in [2.75, 3.05) is 11.9 Å². The van der Waals surface area contributed by atoms with E-state index in [1.54, 1.807) is 11.0 Å². The van der Waals surface area contributed by atoms with Crippen LogP contribution in [0.3, 0.4) is 0 Å². The topological polar surface area (TPSA) is 55.6 Å². The molecule has 0 radical (unpaired) electrons. The van der Waals surface area contributed by atoms with E-state index in [4.69, 9.17) is 0 Å². The average Bonchev–Trinajstić information content (AvgIpc) is 2.88. The van der Waals surface area contributed by atoms with Crippen LogP contribution in [0.25, 0.3) is 5.69 Å². The van der Waals surface area contributed by atoms with Crippen LogP contribution >= 0.6 is 0 Å². The third-order valence-corrected chi connectivity index (χ3v) is 2.90. The van der Waals surface area contributed by atoms with Crippen LogP contribution in [0.2, 0.25) is 0 Å². The Kier molecular flexibility index (Phi) is 4.28. The van der Waals surface area contributed by atoms with E-state index in [0.717, 1.165) is 23.5 Å². The molecule has 5 nitrogen and oxygen atoms in total. The maximum absolute atomic E-state index is 3.90. The molecule has 18 heavy (non-hydrogen) atoms. The van der Waals surface area contributed by atoms with Gasteiger partial charge in [-0.25, -0.2) is 4.68 Å². The van der Waals surface area contributed by atoms with Crippen LogP contribution in [0.15, 0.2) is 24.5 Å². The molecule has 0 aliphatic rings. The SMILES string of the molecule is CCCCCNc1ccc(-n2cnnn2)c(C)c1. The van der Waals surface area contributed by atoms with Gasteiger partial charge in [0.15, 0.2) is 0 Å². The summed E-state index contributed by atoms with van der Waals surface area (Å²) in [6, 6.07) is 6.23. The molecule has 0 bridgehead atoms. The molecule has 1 heterocycles. The van der Waals surface area contributed by atoms with Gasteiger partial charge in [-0.05, 0) is 47.5 Å². The summed E-state index contributed by atoms with van der Waals surface area (Å²) < 4.78 is 1.68. The lowest BCUT2D eigenvalue weighted by Gasteiger charge is -2.09. The van der Waals surface area contributed by atoms with Crippen molar-refractivity contribution in [2.45, 2.75) is 33.1 Å². The molecule has 1 aromatic heterocycles. The van der Waals surface area contributed by atoms with Gasteiger partial charge in [-0.15, -0.1) is 5.10 Å². The van der Waals surface area contributed by atoms with Gasteiger partial charge in [-0.3, -0.25) is 0 Å². The molecule has 0 aliphatic heterocycles. The Balaban J connectivity index is 2.01. The van der Waals surface area contributed by atoms with Gasteiger partial charge < -0.3 is 5.32 Å². The van der Waals surface area contributed by atoms with Crippen LogP contribution in [0.5, 0.6) is 0 Å². The minimum absolute atomic E-state index is 1.01. The summed E-state index contributed by atoms with van der Waals surface area (Å²) in [6.45, 7) is 5.30. The van der Waals surface area contributed by atoms with Crippen molar-refractivity contribution in [3.8, 4) is 5.69 Å². The Morgan fingerprint density at radius 2 is 2.17 bits per heavy atom. The molecule has 0 aliphatic carbocycles. The Hall–Kier alpha value is -1.91. The van der Waals surface area contributed by atoms with Crippen molar-refractivity contribution >= 4 is 5.69 Å². The fourth-order valence-corrected chi connectivity index (χ4v) is 1.90. The molecule has 5 heteroatoms. The van der Waals surface area contributed by atoms with Gasteiger partial charge in [0.25, 0.3) is 0 Å². The van der Waals surface area contributed by atoms with Gasteiger partial charge in [-0.1, -0.05) is 19.8 Å². The number of nitrogens with one attached hydrogen (secondary N) is 1. The Labute approximate surface area is 107 Å². The molecule has 0 fully saturated rings. The van der Waals surface area contributed by atoms with Crippen LogP contribution in [0.1, 0.15) is 31.7 Å². The van der Waals surface area contributed by atoms with Crippen molar-refractivity contribution in [3.05, 3.63) is 30.1 Å². The van der Waals surface area contributed by atoms with E-state index in [1.165, 1.54) is 19.3 Å². The molecule has 0 saturated carbocycles. The number of anilines is 1. The van der Waals surface area contributed by atoms with Crippen LogP contribution in [-0.2, 0) is 0 Å². The number of unbranched alkanes of at least 4 members (excludes halogenated alkanes) is 2. The first-order valence-electron chi connectivity index (χ1n) is 6.39. The lowest BCUT2D eigenvalue weighted by Crippen LogP contribution is -2.03. The summed E-state index contributed by atoms with van der Waals surface area (Å²) in [5.74, 6) is 0. The smallest absolute Gasteiger partial charge is 0.143 e. The summed E-state index contributed by atoms with van der Waals surface area (Å²) in [5, 5.41) is 14.6. The van der Waals surface area contributed by atoms with Crippen molar-refractivity contribution in [1.82, 2.24) is 20.2 Å². The Morgan fingerprint density at radius 1 is 1.28 bits per heavy atom. The van der Waals surface area contributed by atoms with Crippen molar-refractivity contribution in [1.29, 1.82) is 0 Å². The molecule has 2 rings (SSSR count). The first kappa shape index (κ1) is 12.5. The molecule has 1 aromatic carbocycles. The van der Waals surface area contributed by atoms with Crippen molar-refractivity contribution < 1.29 is 0 Å². The van der Waals surface area contributed by atoms with Gasteiger partial charge in [0, 0.05) is 12.2 Å². The lowest BCUT2D eigenvalue weighted by atomic mass is 10.1. The van der Waals surface area contributed by atoms with E-state index >= 15 is 0 Å². The molecule has 0 amide bonds. The fourth-order valence-electron chi connectivity index (χ4n) is 1.90. The number of rotatable bonds is 6. The van der Waals surface area contributed by atoms with Gasteiger partial charge in [0.2, 0.25) is 0 Å². The van der Waals surface area contributed by atoms with E-state index in [0.29, 0.717) is 0 Å². The number of hydrogen-bond acceptors (Lipinski definition) is 4. The number of aryl methyl sites for hydroxylation is 1. The van der Waals surface area contributed by atoms with E-state index in [1.807, 2.05) is 6.07 Å². The number of aromatic nitrogens is 4. The van der Waals surface area contributed by atoms with Crippen LogP contribution in [-0.4, -0.2) is 26.8 Å². The monoisotopic (exact) mass is 245 g/mol. The van der Waals surface area contributed by atoms with Gasteiger partial charge in [-0.2, -0.15) is 0 Å². The zero-order valence-electron chi connectivity index (χ0n) is 10.9. The maximum Gasteiger partial charge on any atom is 0.143 e. The quantitative estimate of drug-likeness (QED) is 0.795. The summed E-state index contributed by atoms with van der Waals surface area (Å²) in [6.07, 6.45) is 5.34. The molecule has 0 spiro atoms. The Morgan fingerprint density at radius 3 is 2.83 bits per heavy atom. The lowest BCUT2D eigenvalue weighted by molar-refractivity contribution is 0.743. The number of benzene rings is 1. The zero-order chi connectivity index (χ0) is 12.8. The normalized spacial score (nSPS) is 10.6. The second-order valence-electron chi connectivity index (χ2n) is 4.39. The third-order valence-electron chi connectivity index (χ3n) is 2.90. The number of tetrazole rings is 1. The molecular weight excluding hydrogens is 226 g/mol.